The molecule has 1 aliphatic carbocycles. The van der Waals surface area contributed by atoms with Gasteiger partial charge >= 0.3 is 0 Å². The molecule has 7 rings (SSSR count). The molecule has 2 aliphatic rings. The van der Waals surface area contributed by atoms with E-state index in [1.807, 2.05) is 24.6 Å². The fourth-order valence-electron chi connectivity index (χ4n) is 5.73. The Morgan fingerprint density at radius 2 is 2.03 bits per heavy atom. The van der Waals surface area contributed by atoms with Gasteiger partial charge in [-0.3, -0.25) is 4.98 Å². The summed E-state index contributed by atoms with van der Waals surface area (Å²) >= 11 is 0. The van der Waals surface area contributed by atoms with Gasteiger partial charge in [0, 0.05) is 38.2 Å². The zero-order chi connectivity index (χ0) is 25.3. The summed E-state index contributed by atoms with van der Waals surface area (Å²) < 4.78 is 30.7. The Hall–Kier alpha value is -3.70. The zero-order valence-corrected chi connectivity index (χ0v) is 20.6. The van der Waals surface area contributed by atoms with Crippen LogP contribution in [0, 0.1) is 18.7 Å². The molecule has 0 aromatic carbocycles. The third-order valence-corrected chi connectivity index (χ3v) is 7.74. The molecule has 1 saturated heterocycles. The lowest BCUT2D eigenvalue weighted by molar-refractivity contribution is 0.0542. The molecule has 1 unspecified atom stereocenters. The molecule has 11 heteroatoms. The maximum absolute atomic E-state index is 15.4. The van der Waals surface area contributed by atoms with E-state index in [9.17, 15) is 5.11 Å². The second-order valence-electron chi connectivity index (χ2n) is 10.1. The summed E-state index contributed by atoms with van der Waals surface area (Å²) in [4.78, 5) is 9.30. The molecule has 5 aromatic heterocycles. The highest BCUT2D eigenvalue weighted by Crippen LogP contribution is 2.50. The van der Waals surface area contributed by atoms with Crippen molar-refractivity contribution in [2.24, 2.45) is 13.0 Å². The van der Waals surface area contributed by atoms with Crippen molar-refractivity contribution in [1.29, 1.82) is 0 Å². The van der Waals surface area contributed by atoms with Crippen molar-refractivity contribution in [3.05, 3.63) is 53.5 Å². The van der Waals surface area contributed by atoms with E-state index < -0.39 is 11.6 Å². The van der Waals surface area contributed by atoms with Gasteiger partial charge in [-0.25, -0.2) is 14.1 Å². The number of aryl methyl sites for hydroxylation is 2. The summed E-state index contributed by atoms with van der Waals surface area (Å²) in [6, 6.07) is 4.57. The van der Waals surface area contributed by atoms with Crippen LogP contribution in [0.2, 0.25) is 0 Å². The lowest BCUT2D eigenvalue weighted by atomic mass is 9.88. The van der Waals surface area contributed by atoms with Crippen molar-refractivity contribution in [2.75, 3.05) is 13.2 Å². The van der Waals surface area contributed by atoms with Crippen LogP contribution in [-0.2, 0) is 17.4 Å². The zero-order valence-electron chi connectivity index (χ0n) is 20.6. The van der Waals surface area contributed by atoms with Crippen molar-refractivity contribution < 1.29 is 18.8 Å². The summed E-state index contributed by atoms with van der Waals surface area (Å²) in [5.74, 6) is -0.342. The number of aromatic nitrogens is 7. The largest absolute Gasteiger partial charge is 0.383 e. The van der Waals surface area contributed by atoms with E-state index in [0.717, 1.165) is 35.3 Å². The first-order valence-corrected chi connectivity index (χ1v) is 12.5. The lowest BCUT2D eigenvalue weighted by Crippen LogP contribution is -2.28. The van der Waals surface area contributed by atoms with E-state index in [4.69, 9.17) is 14.2 Å². The van der Waals surface area contributed by atoms with Crippen LogP contribution in [0.3, 0.4) is 0 Å². The SMILES string of the molecule is Cc1nnn(C)c1-c1cnc2c3onc(C4(O)CC4)c3n(C(c3ncccc3F)C3CCOCC3)c2c1. The van der Waals surface area contributed by atoms with E-state index >= 15 is 4.39 Å². The predicted molar refractivity (Wildman–Crippen MR) is 131 cm³/mol. The molecule has 1 saturated carbocycles. The number of nitrogens with zero attached hydrogens (tertiary/aromatic N) is 7. The third kappa shape index (κ3) is 3.41. The number of fused-ring (bicyclic) bond motifs is 3. The fraction of sp³-hybridized carbons (Fsp3) is 0.423. The molecule has 5 aromatic rings. The molecule has 0 amide bonds. The summed E-state index contributed by atoms with van der Waals surface area (Å²) in [5, 5.41) is 23.8. The molecule has 190 valence electrons. The summed E-state index contributed by atoms with van der Waals surface area (Å²) in [6.07, 6.45) is 6.04. The Bertz CT molecular complexity index is 1630. The van der Waals surface area contributed by atoms with E-state index in [1.54, 1.807) is 23.1 Å². The Morgan fingerprint density at radius 3 is 2.73 bits per heavy atom. The lowest BCUT2D eigenvalue weighted by Gasteiger charge is -2.32. The van der Waals surface area contributed by atoms with Crippen LogP contribution in [0.25, 0.3) is 33.4 Å². The highest BCUT2D eigenvalue weighted by Gasteiger charge is 2.48. The van der Waals surface area contributed by atoms with Crippen LogP contribution in [0.1, 0.15) is 48.8 Å². The number of halogens is 1. The molecule has 6 heterocycles. The molecule has 1 atom stereocenters. The molecule has 37 heavy (non-hydrogen) atoms. The highest BCUT2D eigenvalue weighted by molar-refractivity contribution is 6.04. The Balaban J connectivity index is 1.57. The van der Waals surface area contributed by atoms with Gasteiger partial charge in [-0.15, -0.1) is 5.10 Å². The number of rotatable bonds is 5. The monoisotopic (exact) mass is 503 g/mol. The molecule has 10 nitrogen and oxygen atoms in total. The number of pyridine rings is 2. The molecule has 1 N–H and O–H groups in total. The van der Waals surface area contributed by atoms with Gasteiger partial charge < -0.3 is 18.9 Å². The minimum atomic E-state index is -1.06. The van der Waals surface area contributed by atoms with Crippen LogP contribution >= 0.6 is 0 Å². The van der Waals surface area contributed by atoms with Gasteiger partial charge in [-0.05, 0) is 56.7 Å². The third-order valence-electron chi connectivity index (χ3n) is 7.74. The quantitative estimate of drug-likeness (QED) is 0.385. The van der Waals surface area contributed by atoms with Crippen molar-refractivity contribution in [1.82, 2.24) is 34.7 Å². The van der Waals surface area contributed by atoms with Gasteiger partial charge in [0.15, 0.2) is 0 Å². The van der Waals surface area contributed by atoms with Crippen molar-refractivity contribution in [3.63, 3.8) is 0 Å². The number of hydrogen-bond donors (Lipinski definition) is 1. The summed E-state index contributed by atoms with van der Waals surface area (Å²) in [7, 11) is 1.84. The Kier molecular flexibility index (Phi) is 4.96. The van der Waals surface area contributed by atoms with Gasteiger partial charge in [0.1, 0.15) is 28.1 Å². The minimum absolute atomic E-state index is 0.0392. The normalized spacial score (nSPS) is 18.6. The first-order valence-electron chi connectivity index (χ1n) is 12.5. The second kappa shape index (κ2) is 8.15. The van der Waals surface area contributed by atoms with E-state index in [-0.39, 0.29) is 11.7 Å². The molecule has 0 radical (unpaired) electrons. The average Bonchev–Trinajstić information content (AvgIpc) is 3.22. The molecule has 0 bridgehead atoms. The first kappa shape index (κ1) is 22.5. The van der Waals surface area contributed by atoms with Crippen LogP contribution in [0.4, 0.5) is 4.39 Å². The van der Waals surface area contributed by atoms with Crippen LogP contribution in [0.5, 0.6) is 0 Å². The van der Waals surface area contributed by atoms with E-state index in [1.165, 1.54) is 6.07 Å². The molecular weight excluding hydrogens is 477 g/mol. The smallest absolute Gasteiger partial charge is 0.211 e. The van der Waals surface area contributed by atoms with Gasteiger partial charge in [0.05, 0.1) is 28.6 Å². The minimum Gasteiger partial charge on any atom is -0.383 e. The van der Waals surface area contributed by atoms with Crippen LogP contribution < -0.4 is 0 Å². The average molecular weight is 504 g/mol. The number of ether oxygens (including phenoxy) is 1. The second-order valence-corrected chi connectivity index (χ2v) is 10.1. The number of hydrogen-bond acceptors (Lipinski definition) is 8. The summed E-state index contributed by atoms with van der Waals surface area (Å²) in [5.41, 5.74) is 4.65. The molecular formula is C26H26FN7O3. The Morgan fingerprint density at radius 1 is 1.22 bits per heavy atom. The van der Waals surface area contributed by atoms with Gasteiger partial charge in [-0.1, -0.05) is 10.4 Å². The predicted octanol–water partition coefficient (Wildman–Crippen LogP) is 3.81. The standard InChI is InChI=1S/C26H26FN7O3/c1-14-21(33(2)32-30-14)16-12-18-20(29-13-16)24-23(25(31-37-24)26(35)7-8-26)34(18)22(15-5-10-36-11-6-15)19-17(27)4-3-9-28-19/h3-4,9,12-13,15,22,35H,5-8,10-11H2,1-2H3. The van der Waals surface area contributed by atoms with Crippen molar-refractivity contribution in [2.45, 2.75) is 44.2 Å². The molecule has 0 spiro atoms. The van der Waals surface area contributed by atoms with E-state index in [0.29, 0.717) is 54.1 Å². The van der Waals surface area contributed by atoms with Gasteiger partial charge in [0.25, 0.3) is 0 Å². The highest BCUT2D eigenvalue weighted by atomic mass is 19.1. The maximum Gasteiger partial charge on any atom is 0.211 e. The van der Waals surface area contributed by atoms with Crippen molar-refractivity contribution in [3.8, 4) is 11.3 Å². The van der Waals surface area contributed by atoms with Gasteiger partial charge in [-0.2, -0.15) is 0 Å². The molecule has 1 aliphatic heterocycles. The maximum atomic E-state index is 15.4. The van der Waals surface area contributed by atoms with Gasteiger partial charge in [0.2, 0.25) is 5.58 Å². The molecule has 2 fully saturated rings. The topological polar surface area (TPSA) is 117 Å². The Labute approximate surface area is 211 Å². The fourth-order valence-corrected chi connectivity index (χ4v) is 5.73. The van der Waals surface area contributed by atoms with Crippen molar-refractivity contribution >= 4 is 22.1 Å². The van der Waals surface area contributed by atoms with Crippen LogP contribution in [-0.4, -0.2) is 53.0 Å². The summed E-state index contributed by atoms with van der Waals surface area (Å²) in [6.45, 7) is 3.07. The van der Waals surface area contributed by atoms with Crippen LogP contribution in [0.15, 0.2) is 35.1 Å². The first-order chi connectivity index (χ1) is 18.0. The number of aliphatic hydroxyl groups is 1. The van der Waals surface area contributed by atoms with E-state index in [2.05, 4.69) is 20.5 Å².